The van der Waals surface area contributed by atoms with E-state index in [1.807, 2.05) is 38.2 Å². The van der Waals surface area contributed by atoms with Crippen LogP contribution in [0.1, 0.15) is 28.6 Å². The van der Waals surface area contributed by atoms with E-state index in [4.69, 9.17) is 4.74 Å². The van der Waals surface area contributed by atoms with Crippen LogP contribution in [-0.4, -0.2) is 45.8 Å². The highest BCUT2D eigenvalue weighted by atomic mass is 16.5. The average molecular weight is 430 g/mol. The largest absolute Gasteiger partial charge is 0.497 e. The van der Waals surface area contributed by atoms with Gasteiger partial charge in [-0.2, -0.15) is 5.10 Å². The Bertz CT molecular complexity index is 1290. The van der Waals surface area contributed by atoms with E-state index in [1.165, 1.54) is 10.9 Å². The highest BCUT2D eigenvalue weighted by Crippen LogP contribution is 2.39. The number of hydrogen-bond acceptors (Lipinski definition) is 4. The maximum absolute atomic E-state index is 13.0. The van der Waals surface area contributed by atoms with Crippen molar-refractivity contribution >= 4 is 22.6 Å². The van der Waals surface area contributed by atoms with Gasteiger partial charge in [-0.1, -0.05) is 30.3 Å². The van der Waals surface area contributed by atoms with E-state index in [0.717, 1.165) is 41.2 Å². The molecule has 4 aromatic rings. The molecule has 2 aromatic heterocycles. The Morgan fingerprint density at radius 2 is 2.06 bits per heavy atom. The predicted molar refractivity (Wildman–Crippen MR) is 125 cm³/mol. The Kier molecular flexibility index (Phi) is 5.19. The van der Waals surface area contributed by atoms with Gasteiger partial charge in [0.25, 0.3) is 0 Å². The molecule has 7 heteroatoms. The quantitative estimate of drug-likeness (QED) is 0.506. The first-order chi connectivity index (χ1) is 15.5. The normalized spacial score (nSPS) is 16.2. The fraction of sp³-hybridized carbons (Fsp3) is 0.280. The molecule has 3 heterocycles. The number of para-hydroxylation sites is 1. The van der Waals surface area contributed by atoms with E-state index in [0.29, 0.717) is 5.82 Å². The van der Waals surface area contributed by atoms with Crippen LogP contribution < -0.4 is 10.1 Å². The van der Waals surface area contributed by atoms with Crippen molar-refractivity contribution in [2.75, 3.05) is 25.5 Å². The number of benzene rings is 2. The second-order valence-electron chi connectivity index (χ2n) is 8.31. The number of aryl methyl sites for hydroxylation is 2. The Hall–Kier alpha value is -3.58. The summed E-state index contributed by atoms with van der Waals surface area (Å²) >= 11 is 0. The number of fused-ring (bicyclic) bond motifs is 3. The van der Waals surface area contributed by atoms with E-state index in [-0.39, 0.29) is 18.5 Å². The predicted octanol–water partition coefficient (Wildman–Crippen LogP) is 3.80. The SMILES string of the molecule is COc1cccc(C2c3[nH]c4ccccc4c3CCN2CC(=O)Nc2cc(C)nn2C)c1. The van der Waals surface area contributed by atoms with Crippen LogP contribution in [0.4, 0.5) is 5.82 Å². The highest BCUT2D eigenvalue weighted by Gasteiger charge is 2.33. The lowest BCUT2D eigenvalue weighted by atomic mass is 9.92. The second kappa shape index (κ2) is 8.16. The molecule has 5 rings (SSSR count). The number of hydrogen-bond donors (Lipinski definition) is 2. The van der Waals surface area contributed by atoms with E-state index in [1.54, 1.807) is 11.8 Å². The molecule has 1 atom stereocenters. The van der Waals surface area contributed by atoms with Gasteiger partial charge in [-0.15, -0.1) is 0 Å². The van der Waals surface area contributed by atoms with Crippen molar-refractivity contribution in [3.8, 4) is 5.75 Å². The van der Waals surface area contributed by atoms with Gasteiger partial charge in [0.1, 0.15) is 11.6 Å². The van der Waals surface area contributed by atoms with E-state index in [2.05, 4.69) is 50.6 Å². The summed E-state index contributed by atoms with van der Waals surface area (Å²) in [6, 6.07) is 18.3. The summed E-state index contributed by atoms with van der Waals surface area (Å²) in [7, 11) is 3.51. The number of aromatic amines is 1. The maximum atomic E-state index is 13.0. The maximum Gasteiger partial charge on any atom is 0.239 e. The molecular weight excluding hydrogens is 402 g/mol. The number of ether oxygens (including phenoxy) is 1. The van der Waals surface area contributed by atoms with E-state index >= 15 is 0 Å². The number of methoxy groups -OCH3 is 1. The van der Waals surface area contributed by atoms with Crippen LogP contribution in [0.3, 0.4) is 0 Å². The van der Waals surface area contributed by atoms with Gasteiger partial charge in [-0.05, 0) is 42.7 Å². The molecule has 0 fully saturated rings. The minimum atomic E-state index is -0.0692. The van der Waals surface area contributed by atoms with Crippen molar-refractivity contribution in [3.63, 3.8) is 0 Å². The van der Waals surface area contributed by atoms with Crippen molar-refractivity contribution in [1.29, 1.82) is 0 Å². The molecule has 1 amide bonds. The number of nitrogens with one attached hydrogen (secondary N) is 2. The topological polar surface area (TPSA) is 75.2 Å². The van der Waals surface area contributed by atoms with Crippen molar-refractivity contribution < 1.29 is 9.53 Å². The zero-order valence-electron chi connectivity index (χ0n) is 18.6. The molecule has 0 radical (unpaired) electrons. The lowest BCUT2D eigenvalue weighted by Gasteiger charge is -2.35. The minimum absolute atomic E-state index is 0.0551. The molecule has 164 valence electrons. The minimum Gasteiger partial charge on any atom is -0.497 e. The van der Waals surface area contributed by atoms with Gasteiger partial charge in [0.2, 0.25) is 5.91 Å². The number of nitrogens with zero attached hydrogens (tertiary/aromatic N) is 3. The number of aromatic nitrogens is 3. The van der Waals surface area contributed by atoms with Gasteiger partial charge >= 0.3 is 0 Å². The number of amides is 1. The third-order valence-corrected chi connectivity index (χ3v) is 6.16. The van der Waals surface area contributed by atoms with Gasteiger partial charge in [-0.25, -0.2) is 0 Å². The molecule has 0 saturated heterocycles. The third kappa shape index (κ3) is 3.65. The fourth-order valence-electron chi connectivity index (χ4n) is 4.74. The summed E-state index contributed by atoms with van der Waals surface area (Å²) in [5, 5.41) is 8.58. The standard InChI is InChI=1S/C25H27N5O2/c1-16-13-22(29(2)28-16)27-23(31)15-30-12-11-20-19-9-4-5-10-21(19)26-24(20)25(30)17-7-6-8-18(14-17)32-3/h4-10,13-14,25-26H,11-12,15H2,1-3H3,(H,27,31). The van der Waals surface area contributed by atoms with Gasteiger partial charge < -0.3 is 15.0 Å². The van der Waals surface area contributed by atoms with Gasteiger partial charge in [0.15, 0.2) is 0 Å². The van der Waals surface area contributed by atoms with Crippen LogP contribution in [0.15, 0.2) is 54.6 Å². The molecule has 7 nitrogen and oxygen atoms in total. The Morgan fingerprint density at radius 3 is 2.84 bits per heavy atom. The number of rotatable bonds is 5. The first-order valence-electron chi connectivity index (χ1n) is 10.8. The molecule has 2 N–H and O–H groups in total. The molecule has 1 aliphatic heterocycles. The summed E-state index contributed by atoms with van der Waals surface area (Å²) in [5.41, 5.74) is 5.57. The fourth-order valence-corrected chi connectivity index (χ4v) is 4.74. The van der Waals surface area contributed by atoms with Crippen LogP contribution in [-0.2, 0) is 18.3 Å². The van der Waals surface area contributed by atoms with Crippen LogP contribution in [0.5, 0.6) is 5.75 Å². The summed E-state index contributed by atoms with van der Waals surface area (Å²) in [6.07, 6.45) is 0.887. The first-order valence-corrected chi connectivity index (χ1v) is 10.8. The van der Waals surface area contributed by atoms with E-state index in [9.17, 15) is 4.79 Å². The summed E-state index contributed by atoms with van der Waals surface area (Å²) < 4.78 is 7.18. The number of carbonyl (C=O) groups excluding carboxylic acids is 1. The lowest BCUT2D eigenvalue weighted by Crippen LogP contribution is -2.41. The lowest BCUT2D eigenvalue weighted by molar-refractivity contribution is -0.117. The van der Waals surface area contributed by atoms with Crippen LogP contribution in [0.2, 0.25) is 0 Å². The van der Waals surface area contributed by atoms with Crippen molar-refractivity contribution in [2.24, 2.45) is 7.05 Å². The summed E-state index contributed by atoms with van der Waals surface area (Å²) in [5.74, 6) is 1.45. The molecule has 1 aliphatic rings. The molecule has 0 bridgehead atoms. The van der Waals surface area contributed by atoms with Gasteiger partial charge in [0, 0.05) is 36.3 Å². The monoisotopic (exact) mass is 429 g/mol. The van der Waals surface area contributed by atoms with Gasteiger partial charge in [0.05, 0.1) is 25.4 Å². The Labute approximate surface area is 187 Å². The zero-order chi connectivity index (χ0) is 22.2. The van der Waals surface area contributed by atoms with E-state index < -0.39 is 0 Å². The molecule has 0 aliphatic carbocycles. The second-order valence-corrected chi connectivity index (χ2v) is 8.31. The third-order valence-electron chi connectivity index (χ3n) is 6.16. The van der Waals surface area contributed by atoms with Crippen LogP contribution in [0.25, 0.3) is 10.9 Å². The molecular formula is C25H27N5O2. The highest BCUT2D eigenvalue weighted by molar-refractivity contribution is 5.92. The molecule has 32 heavy (non-hydrogen) atoms. The molecule has 1 unspecified atom stereocenters. The number of anilines is 1. The van der Waals surface area contributed by atoms with Gasteiger partial charge in [-0.3, -0.25) is 14.4 Å². The molecule has 2 aromatic carbocycles. The number of H-pyrrole nitrogens is 1. The van der Waals surface area contributed by atoms with Crippen LogP contribution in [0, 0.1) is 6.92 Å². The Balaban J connectivity index is 1.51. The number of carbonyl (C=O) groups is 1. The zero-order valence-corrected chi connectivity index (χ0v) is 18.6. The smallest absolute Gasteiger partial charge is 0.239 e. The molecule has 0 saturated carbocycles. The van der Waals surface area contributed by atoms with Crippen LogP contribution >= 0.6 is 0 Å². The summed E-state index contributed by atoms with van der Waals surface area (Å²) in [4.78, 5) is 18.9. The summed E-state index contributed by atoms with van der Waals surface area (Å²) in [6.45, 7) is 2.98. The molecule has 0 spiro atoms. The Morgan fingerprint density at radius 1 is 1.22 bits per heavy atom. The van der Waals surface area contributed by atoms with Crippen molar-refractivity contribution in [2.45, 2.75) is 19.4 Å². The first kappa shape index (κ1) is 20.3. The van der Waals surface area contributed by atoms with Crippen molar-refractivity contribution in [3.05, 3.63) is 77.1 Å². The van der Waals surface area contributed by atoms with Crippen molar-refractivity contribution in [1.82, 2.24) is 19.7 Å². The average Bonchev–Trinajstić information content (AvgIpc) is 3.32.